The minimum atomic E-state index is -0.495. The minimum Gasteiger partial charge on any atom is -0.474 e. The molecule has 4 rings (SSSR count). The Kier molecular flexibility index (Phi) is 5.73. The minimum absolute atomic E-state index is 0.0160. The summed E-state index contributed by atoms with van der Waals surface area (Å²) in [5, 5.41) is 0. The Morgan fingerprint density at radius 1 is 1.06 bits per heavy atom. The highest BCUT2D eigenvalue weighted by Gasteiger charge is 2.45. The van der Waals surface area contributed by atoms with Crippen molar-refractivity contribution in [2.75, 3.05) is 0 Å². The third-order valence-electron chi connectivity index (χ3n) is 5.73. The average molecular weight is 427 g/mol. The zero-order valence-corrected chi connectivity index (χ0v) is 18.8. The molecule has 1 amide bonds. The Labute approximate surface area is 183 Å². The molecule has 2 bridgehead atoms. The van der Waals surface area contributed by atoms with E-state index in [9.17, 15) is 4.79 Å². The van der Waals surface area contributed by atoms with E-state index in [4.69, 9.17) is 14.2 Å². The topological polar surface area (TPSA) is 86.7 Å². The number of ether oxygens (including phenoxy) is 3. The van der Waals surface area contributed by atoms with Crippen molar-refractivity contribution in [3.8, 4) is 17.5 Å². The third kappa shape index (κ3) is 4.73. The molecule has 31 heavy (non-hydrogen) atoms. The quantitative estimate of drug-likeness (QED) is 0.707. The van der Waals surface area contributed by atoms with Gasteiger partial charge in [0.1, 0.15) is 18.0 Å². The van der Waals surface area contributed by atoms with Crippen LogP contribution in [0.4, 0.5) is 4.79 Å². The number of piperidine rings is 1. The number of aryl methyl sites for hydroxylation is 1. The SMILES string of the molecule is Cc1ncccc1Oc1ncnc(OC2CC3CCC(C2)N3C(=O)OC(C)(C)C)c1C. The molecule has 0 N–H and O–H groups in total. The first kappa shape index (κ1) is 21.3. The van der Waals surface area contributed by atoms with Gasteiger partial charge in [-0.2, -0.15) is 0 Å². The lowest BCUT2D eigenvalue weighted by Gasteiger charge is -2.39. The van der Waals surface area contributed by atoms with Crippen LogP contribution in [0.3, 0.4) is 0 Å². The second-order valence-corrected chi connectivity index (χ2v) is 9.28. The van der Waals surface area contributed by atoms with E-state index in [0.717, 1.165) is 36.9 Å². The highest BCUT2D eigenvalue weighted by molar-refractivity contribution is 5.69. The molecule has 8 nitrogen and oxygen atoms in total. The molecule has 2 unspecified atom stereocenters. The number of carbonyl (C=O) groups is 1. The lowest BCUT2D eigenvalue weighted by atomic mass is 10.00. The molecular weight excluding hydrogens is 396 g/mol. The van der Waals surface area contributed by atoms with Gasteiger partial charge in [0.15, 0.2) is 5.75 Å². The summed E-state index contributed by atoms with van der Waals surface area (Å²) in [6.07, 6.45) is 6.41. The van der Waals surface area contributed by atoms with Crippen molar-refractivity contribution in [1.82, 2.24) is 19.9 Å². The van der Waals surface area contributed by atoms with Crippen molar-refractivity contribution in [2.24, 2.45) is 0 Å². The molecule has 2 aromatic rings. The average Bonchev–Trinajstić information content (AvgIpc) is 2.96. The van der Waals surface area contributed by atoms with Crippen molar-refractivity contribution in [2.45, 2.75) is 84.1 Å². The number of rotatable bonds is 4. The van der Waals surface area contributed by atoms with Gasteiger partial charge >= 0.3 is 6.09 Å². The van der Waals surface area contributed by atoms with Crippen molar-refractivity contribution in [1.29, 1.82) is 0 Å². The van der Waals surface area contributed by atoms with E-state index in [1.165, 1.54) is 6.33 Å². The number of nitrogens with zero attached hydrogens (tertiary/aromatic N) is 4. The molecule has 166 valence electrons. The zero-order valence-electron chi connectivity index (χ0n) is 18.8. The fraction of sp³-hybridized carbons (Fsp3) is 0.565. The largest absolute Gasteiger partial charge is 0.474 e. The zero-order chi connectivity index (χ0) is 22.2. The van der Waals surface area contributed by atoms with Gasteiger partial charge < -0.3 is 19.1 Å². The summed E-state index contributed by atoms with van der Waals surface area (Å²) < 4.78 is 17.9. The maximum Gasteiger partial charge on any atom is 0.410 e. The van der Waals surface area contributed by atoms with Gasteiger partial charge in [-0.1, -0.05) is 0 Å². The van der Waals surface area contributed by atoms with Crippen molar-refractivity contribution in [3.05, 3.63) is 35.9 Å². The van der Waals surface area contributed by atoms with Crippen LogP contribution in [0.1, 0.15) is 57.7 Å². The lowest BCUT2D eigenvalue weighted by molar-refractivity contribution is -0.00772. The molecule has 2 fully saturated rings. The number of carbonyl (C=O) groups excluding carboxylic acids is 1. The van der Waals surface area contributed by atoms with Gasteiger partial charge in [-0.3, -0.25) is 4.98 Å². The smallest absolute Gasteiger partial charge is 0.410 e. The number of aromatic nitrogens is 3. The van der Waals surface area contributed by atoms with Crippen LogP contribution in [0, 0.1) is 13.8 Å². The van der Waals surface area contributed by atoms with Crippen LogP contribution in [-0.2, 0) is 4.74 Å². The van der Waals surface area contributed by atoms with E-state index in [0.29, 0.717) is 17.5 Å². The molecule has 0 spiro atoms. The Bertz CT molecular complexity index is 945. The predicted octanol–water partition coefficient (Wildman–Crippen LogP) is 4.59. The first-order valence-electron chi connectivity index (χ1n) is 10.8. The van der Waals surface area contributed by atoms with Gasteiger partial charge in [0.25, 0.3) is 0 Å². The van der Waals surface area contributed by atoms with Crippen LogP contribution in [0.25, 0.3) is 0 Å². The van der Waals surface area contributed by atoms with Crippen LogP contribution in [0.15, 0.2) is 24.7 Å². The first-order valence-corrected chi connectivity index (χ1v) is 10.8. The van der Waals surface area contributed by atoms with Gasteiger partial charge in [-0.15, -0.1) is 0 Å². The molecule has 0 saturated carbocycles. The fourth-order valence-electron chi connectivity index (χ4n) is 4.32. The molecule has 2 saturated heterocycles. The van der Waals surface area contributed by atoms with E-state index < -0.39 is 5.60 Å². The second kappa shape index (κ2) is 8.32. The molecule has 2 aliphatic rings. The van der Waals surface area contributed by atoms with Gasteiger partial charge in [0.2, 0.25) is 11.8 Å². The maximum absolute atomic E-state index is 12.7. The van der Waals surface area contributed by atoms with E-state index >= 15 is 0 Å². The summed E-state index contributed by atoms with van der Waals surface area (Å²) in [6, 6.07) is 3.95. The summed E-state index contributed by atoms with van der Waals surface area (Å²) >= 11 is 0. The summed E-state index contributed by atoms with van der Waals surface area (Å²) in [4.78, 5) is 27.4. The lowest BCUT2D eigenvalue weighted by Crippen LogP contribution is -2.50. The standard InChI is InChI=1S/C23H30N4O4/c1-14-20(25-13-26-21(14)30-19-7-6-10-24-15(19)2)29-18-11-16-8-9-17(12-18)27(16)22(28)31-23(3,4)5/h6-7,10,13,16-18H,8-9,11-12H2,1-5H3. The van der Waals surface area contributed by atoms with E-state index in [2.05, 4.69) is 15.0 Å². The van der Waals surface area contributed by atoms with Gasteiger partial charge in [-0.05, 0) is 59.6 Å². The predicted molar refractivity (Wildman–Crippen MR) is 114 cm³/mol. The highest BCUT2D eigenvalue weighted by atomic mass is 16.6. The van der Waals surface area contributed by atoms with Crippen molar-refractivity contribution in [3.63, 3.8) is 0 Å². The van der Waals surface area contributed by atoms with Gasteiger partial charge in [0, 0.05) is 31.1 Å². The van der Waals surface area contributed by atoms with E-state index in [1.807, 2.05) is 51.7 Å². The Morgan fingerprint density at radius 3 is 2.39 bits per heavy atom. The maximum atomic E-state index is 12.7. The first-order chi connectivity index (χ1) is 14.7. The van der Waals surface area contributed by atoms with Crippen molar-refractivity contribution < 1.29 is 19.0 Å². The van der Waals surface area contributed by atoms with Crippen molar-refractivity contribution >= 4 is 6.09 Å². The van der Waals surface area contributed by atoms with Crippen LogP contribution in [-0.4, -0.2) is 49.7 Å². The summed E-state index contributed by atoms with van der Waals surface area (Å²) in [5.41, 5.74) is 1.03. The van der Waals surface area contributed by atoms with Gasteiger partial charge in [-0.25, -0.2) is 14.8 Å². The molecule has 0 radical (unpaired) electrons. The Balaban J connectivity index is 1.44. The van der Waals surface area contributed by atoms with Crippen LogP contribution in [0.5, 0.6) is 17.5 Å². The normalized spacial score (nSPS) is 22.9. The molecule has 4 heterocycles. The number of hydrogen-bond acceptors (Lipinski definition) is 7. The Hall–Kier alpha value is -2.90. The molecule has 2 aromatic heterocycles. The molecular formula is C23H30N4O4. The number of pyridine rings is 1. The number of fused-ring (bicyclic) bond motifs is 2. The van der Waals surface area contributed by atoms with Gasteiger partial charge in [0.05, 0.1) is 11.3 Å². The molecule has 2 atom stereocenters. The number of amides is 1. The van der Waals surface area contributed by atoms with Crippen LogP contribution < -0.4 is 9.47 Å². The fourth-order valence-corrected chi connectivity index (χ4v) is 4.32. The van der Waals surface area contributed by atoms with E-state index in [1.54, 1.807) is 6.20 Å². The molecule has 0 aromatic carbocycles. The summed E-state index contributed by atoms with van der Waals surface area (Å²) in [5.74, 6) is 1.62. The number of hydrogen-bond donors (Lipinski definition) is 0. The Morgan fingerprint density at radius 2 is 1.74 bits per heavy atom. The monoisotopic (exact) mass is 426 g/mol. The van der Waals surface area contributed by atoms with E-state index in [-0.39, 0.29) is 24.3 Å². The molecule has 8 heteroatoms. The summed E-state index contributed by atoms with van der Waals surface area (Å²) in [7, 11) is 0. The third-order valence-corrected chi connectivity index (χ3v) is 5.73. The second-order valence-electron chi connectivity index (χ2n) is 9.28. The molecule has 0 aliphatic carbocycles. The highest BCUT2D eigenvalue weighted by Crippen LogP contribution is 2.39. The molecule has 2 aliphatic heterocycles. The van der Waals surface area contributed by atoms with Crippen LogP contribution in [0.2, 0.25) is 0 Å². The van der Waals surface area contributed by atoms with Crippen LogP contribution >= 0.6 is 0 Å². The summed E-state index contributed by atoms with van der Waals surface area (Å²) in [6.45, 7) is 9.46.